The third-order valence-electron chi connectivity index (χ3n) is 4.93. The normalized spacial score (nSPS) is 12.3. The Morgan fingerprint density at radius 3 is 2.12 bits per heavy atom. The van der Waals surface area contributed by atoms with Gasteiger partial charge in [0.25, 0.3) is 10.1 Å². The van der Waals surface area contributed by atoms with Gasteiger partial charge >= 0.3 is 5.97 Å². The molecule has 33 heavy (non-hydrogen) atoms. The molecular weight excluding hydrogens is 436 g/mol. The summed E-state index contributed by atoms with van der Waals surface area (Å²) in [5, 5.41) is 0. The fourth-order valence-electron chi connectivity index (χ4n) is 3.03. The Balaban J connectivity index is 1.97. The van der Waals surface area contributed by atoms with E-state index in [0.717, 1.165) is 63.4 Å². The number of ether oxygens (including phenoxy) is 1. The molecule has 0 amide bonds. The van der Waals surface area contributed by atoms with Gasteiger partial charge in [0.2, 0.25) is 0 Å². The van der Waals surface area contributed by atoms with Gasteiger partial charge in [-0.1, -0.05) is 80.3 Å². The molecule has 6 heteroatoms. The van der Waals surface area contributed by atoms with Crippen LogP contribution in [0.3, 0.4) is 0 Å². The summed E-state index contributed by atoms with van der Waals surface area (Å²) < 4.78 is 34.1. The second-order valence-corrected chi connectivity index (χ2v) is 9.53. The fourth-order valence-corrected chi connectivity index (χ4v) is 3.93. The first kappa shape index (κ1) is 28.9. The molecule has 5 nitrogen and oxygen atoms in total. The predicted molar refractivity (Wildman–Crippen MR) is 135 cm³/mol. The molecule has 0 fully saturated rings. The van der Waals surface area contributed by atoms with Crippen LogP contribution >= 0.6 is 0 Å². The molecule has 0 unspecified atom stereocenters. The van der Waals surface area contributed by atoms with E-state index in [4.69, 9.17) is 8.92 Å². The number of aryl methyl sites for hydroxylation is 1. The zero-order valence-electron chi connectivity index (χ0n) is 20.2. The molecular formula is C27H40O5S. The zero-order chi connectivity index (χ0) is 24.2. The van der Waals surface area contributed by atoms with E-state index in [1.54, 1.807) is 12.1 Å². The zero-order valence-corrected chi connectivity index (χ0v) is 21.0. The minimum absolute atomic E-state index is 0.0686. The number of carbonyl (C=O) groups is 1. The van der Waals surface area contributed by atoms with E-state index in [0.29, 0.717) is 6.42 Å². The highest BCUT2D eigenvalue weighted by Gasteiger charge is 2.15. The number of benzene rings is 1. The Kier molecular flexibility index (Phi) is 16.0. The Morgan fingerprint density at radius 1 is 0.818 bits per heavy atom. The summed E-state index contributed by atoms with van der Waals surface area (Å²) in [5.41, 5.74) is 0.967. The Morgan fingerprint density at radius 2 is 1.42 bits per heavy atom. The Hall–Kier alpha value is -2.18. The van der Waals surface area contributed by atoms with E-state index in [1.165, 1.54) is 12.1 Å². The lowest BCUT2D eigenvalue weighted by molar-refractivity contribution is -0.144. The van der Waals surface area contributed by atoms with E-state index in [9.17, 15) is 13.2 Å². The molecule has 0 aliphatic rings. The van der Waals surface area contributed by atoms with Gasteiger partial charge in [-0.2, -0.15) is 8.42 Å². The first-order chi connectivity index (χ1) is 16.0. The summed E-state index contributed by atoms with van der Waals surface area (Å²) in [4.78, 5) is 11.9. The van der Waals surface area contributed by atoms with E-state index in [2.05, 4.69) is 43.4 Å². The fraction of sp³-hybridized carbons (Fsp3) is 0.519. The van der Waals surface area contributed by atoms with Gasteiger partial charge in [-0.15, -0.1) is 0 Å². The molecule has 184 valence electrons. The third-order valence-corrected chi connectivity index (χ3v) is 6.25. The lowest BCUT2D eigenvalue weighted by atomic mass is 10.1. The van der Waals surface area contributed by atoms with Crippen molar-refractivity contribution in [2.24, 2.45) is 0 Å². The summed E-state index contributed by atoms with van der Waals surface area (Å²) >= 11 is 0. The molecule has 0 heterocycles. The van der Waals surface area contributed by atoms with Crippen molar-refractivity contribution in [1.82, 2.24) is 0 Å². The standard InChI is InChI=1S/C27H40O5S/c1-3-4-5-6-7-8-9-10-11-12-13-14-15-16-17-18-27(28)31-23-24-32-33(29,30)26-21-19-25(2)20-22-26/h4-5,7-8,10-11,19-22H,3,6,9,12-18,23-24H2,1-2H3/b5-4-,8-7-,11-10-. The molecule has 0 saturated carbocycles. The molecule has 0 bridgehead atoms. The van der Waals surface area contributed by atoms with Crippen molar-refractivity contribution >= 4 is 16.1 Å². The quantitative estimate of drug-likeness (QED) is 0.100. The van der Waals surface area contributed by atoms with Gasteiger partial charge in [0.15, 0.2) is 0 Å². The molecule has 0 spiro atoms. The summed E-state index contributed by atoms with van der Waals surface area (Å²) in [5.74, 6) is -0.312. The lowest BCUT2D eigenvalue weighted by Crippen LogP contribution is -2.14. The molecule has 1 aromatic carbocycles. The maximum Gasteiger partial charge on any atom is 0.305 e. The smallest absolute Gasteiger partial charge is 0.305 e. The van der Waals surface area contributed by atoms with E-state index in [-0.39, 0.29) is 24.1 Å². The maximum atomic E-state index is 12.0. The molecule has 0 radical (unpaired) electrons. The topological polar surface area (TPSA) is 69.7 Å². The second kappa shape index (κ2) is 18.3. The van der Waals surface area contributed by atoms with E-state index < -0.39 is 10.1 Å². The van der Waals surface area contributed by atoms with Crippen molar-refractivity contribution in [1.29, 1.82) is 0 Å². The molecule has 1 aromatic rings. The summed E-state index contributed by atoms with van der Waals surface area (Å²) in [7, 11) is -3.82. The SMILES string of the molecule is CC/C=C\C/C=C\C/C=C\CCCCCCCC(=O)OCCOS(=O)(=O)c1ccc(C)cc1. The highest BCUT2D eigenvalue weighted by molar-refractivity contribution is 7.86. The van der Waals surface area contributed by atoms with Crippen molar-refractivity contribution in [3.8, 4) is 0 Å². The Bertz CT molecular complexity index is 836. The summed E-state index contributed by atoms with van der Waals surface area (Å²) in [6.07, 6.45) is 23.0. The van der Waals surface area contributed by atoms with Crippen LogP contribution < -0.4 is 0 Å². The highest BCUT2D eigenvalue weighted by Crippen LogP contribution is 2.13. The number of hydrogen-bond acceptors (Lipinski definition) is 5. The van der Waals surface area contributed by atoms with Gasteiger partial charge in [-0.25, -0.2) is 0 Å². The van der Waals surface area contributed by atoms with Crippen molar-refractivity contribution < 1.29 is 22.1 Å². The largest absolute Gasteiger partial charge is 0.463 e. The summed E-state index contributed by atoms with van der Waals surface area (Å²) in [6.45, 7) is 3.77. The molecule has 0 aliphatic carbocycles. The molecule has 0 atom stereocenters. The van der Waals surface area contributed by atoms with Crippen LogP contribution in [0, 0.1) is 6.92 Å². The molecule has 0 aromatic heterocycles. The van der Waals surface area contributed by atoms with Crippen LogP contribution in [0.25, 0.3) is 0 Å². The van der Waals surface area contributed by atoms with Crippen LogP contribution in [0.15, 0.2) is 65.6 Å². The van der Waals surface area contributed by atoms with Crippen LogP contribution in [0.1, 0.15) is 76.7 Å². The first-order valence-electron chi connectivity index (χ1n) is 12.0. The van der Waals surface area contributed by atoms with Crippen LogP contribution in [-0.4, -0.2) is 27.6 Å². The second-order valence-electron chi connectivity index (χ2n) is 7.91. The molecule has 0 saturated heterocycles. The third kappa shape index (κ3) is 15.3. The Labute approximate surface area is 200 Å². The van der Waals surface area contributed by atoms with E-state index in [1.807, 2.05) is 6.92 Å². The molecule has 0 N–H and O–H groups in total. The minimum Gasteiger partial charge on any atom is -0.463 e. The van der Waals surface area contributed by atoms with Crippen LogP contribution in [0.4, 0.5) is 0 Å². The maximum absolute atomic E-state index is 12.0. The number of hydrogen-bond donors (Lipinski definition) is 0. The predicted octanol–water partition coefficient (Wildman–Crippen LogP) is 6.83. The number of esters is 1. The number of unbranched alkanes of at least 4 members (excludes halogenated alkanes) is 5. The highest BCUT2D eigenvalue weighted by atomic mass is 32.2. The molecule has 1 rings (SSSR count). The number of carbonyl (C=O) groups excluding carboxylic acids is 1. The first-order valence-corrected chi connectivity index (χ1v) is 13.4. The average molecular weight is 477 g/mol. The van der Waals surface area contributed by atoms with Gasteiger partial charge in [0.1, 0.15) is 13.2 Å². The van der Waals surface area contributed by atoms with Crippen molar-refractivity contribution in [2.45, 2.75) is 83.0 Å². The van der Waals surface area contributed by atoms with E-state index >= 15 is 0 Å². The summed E-state index contributed by atoms with van der Waals surface area (Å²) in [6, 6.07) is 6.41. The van der Waals surface area contributed by atoms with Crippen LogP contribution in [0.2, 0.25) is 0 Å². The lowest BCUT2D eigenvalue weighted by Gasteiger charge is -2.07. The van der Waals surface area contributed by atoms with Crippen LogP contribution in [0.5, 0.6) is 0 Å². The molecule has 0 aliphatic heterocycles. The number of allylic oxidation sites excluding steroid dienone is 6. The monoisotopic (exact) mass is 476 g/mol. The van der Waals surface area contributed by atoms with Crippen molar-refractivity contribution in [2.75, 3.05) is 13.2 Å². The van der Waals surface area contributed by atoms with Crippen molar-refractivity contribution in [3.05, 3.63) is 66.3 Å². The van der Waals surface area contributed by atoms with Gasteiger partial charge in [-0.05, 0) is 57.6 Å². The van der Waals surface area contributed by atoms with Crippen molar-refractivity contribution in [3.63, 3.8) is 0 Å². The van der Waals surface area contributed by atoms with Crippen LogP contribution in [-0.2, 0) is 23.8 Å². The van der Waals surface area contributed by atoms with Gasteiger partial charge in [0.05, 0.1) is 4.90 Å². The minimum atomic E-state index is -3.82. The van der Waals surface area contributed by atoms with Gasteiger partial charge in [-0.3, -0.25) is 8.98 Å². The average Bonchev–Trinajstić information content (AvgIpc) is 2.79. The number of rotatable bonds is 18. The van der Waals surface area contributed by atoms with Gasteiger partial charge in [0, 0.05) is 6.42 Å². The van der Waals surface area contributed by atoms with Gasteiger partial charge < -0.3 is 4.74 Å².